The highest BCUT2D eigenvalue weighted by Crippen LogP contribution is 2.38. The lowest BCUT2D eigenvalue weighted by atomic mass is 9.99. The fraction of sp³-hybridized carbons (Fsp3) is 0. The normalized spacial score (nSPS) is 10.9. The number of hydrogen-bond donors (Lipinski definition) is 0. The maximum absolute atomic E-state index is 9.58. The first-order valence-electron chi connectivity index (χ1n) is 15.0. The van der Waals surface area contributed by atoms with E-state index in [-0.39, 0.29) is 0 Å². The second kappa shape index (κ2) is 11.6. The van der Waals surface area contributed by atoms with Crippen molar-refractivity contribution < 1.29 is 4.42 Å². The van der Waals surface area contributed by atoms with Crippen molar-refractivity contribution in [1.82, 2.24) is 15.0 Å². The lowest BCUT2D eigenvalue weighted by Gasteiger charge is -2.10. The molecule has 0 atom stereocenters. The maximum Gasteiger partial charge on any atom is 0.204 e. The van der Waals surface area contributed by atoms with Gasteiger partial charge in [0.1, 0.15) is 11.2 Å². The highest BCUT2D eigenvalue weighted by atomic mass is 16.3. The fourth-order valence-corrected chi connectivity index (χ4v) is 5.91. The predicted molar refractivity (Wildman–Crippen MR) is 185 cm³/mol. The molecule has 0 bridgehead atoms. The van der Waals surface area contributed by atoms with Gasteiger partial charge in [-0.25, -0.2) is 19.8 Å². The molecule has 0 aliphatic rings. The lowest BCUT2D eigenvalue weighted by Crippen LogP contribution is -2.00. The van der Waals surface area contributed by atoms with Gasteiger partial charge < -0.3 is 4.42 Å². The number of furan rings is 1. The van der Waals surface area contributed by atoms with Gasteiger partial charge in [-0.15, -0.1) is 0 Å². The summed E-state index contributed by atoms with van der Waals surface area (Å²) in [4.78, 5) is 18.2. The number of hydrogen-bond acceptors (Lipinski definition) is 5. The van der Waals surface area contributed by atoms with Gasteiger partial charge in [0.05, 0.1) is 18.2 Å². The zero-order valence-corrected chi connectivity index (χ0v) is 24.9. The van der Waals surface area contributed by atoms with E-state index >= 15 is 0 Å². The molecule has 8 rings (SSSR count). The van der Waals surface area contributed by atoms with Gasteiger partial charge in [0.25, 0.3) is 0 Å². The molecule has 0 amide bonds. The van der Waals surface area contributed by atoms with Crippen LogP contribution in [0.15, 0.2) is 144 Å². The van der Waals surface area contributed by atoms with Crippen molar-refractivity contribution in [3.8, 4) is 62.5 Å². The summed E-state index contributed by atoms with van der Waals surface area (Å²) in [6.45, 7) is 7.35. The van der Waals surface area contributed by atoms with Gasteiger partial charge in [-0.3, -0.25) is 0 Å². The molecule has 8 aromatic rings. The minimum absolute atomic E-state index is 0.333. The Labute approximate surface area is 270 Å². The zero-order chi connectivity index (χ0) is 31.7. The first-order chi connectivity index (χ1) is 23.2. The number of benzene rings is 6. The Morgan fingerprint density at radius 3 is 1.85 bits per heavy atom. The molecule has 2 aromatic heterocycles. The highest BCUT2D eigenvalue weighted by molar-refractivity contribution is 6.13. The molecule has 0 radical (unpaired) electrons. The second-order valence-corrected chi connectivity index (χ2v) is 11.1. The monoisotopic (exact) mass is 601 g/mol. The predicted octanol–water partition coefficient (Wildman–Crippen LogP) is 10.5. The summed E-state index contributed by atoms with van der Waals surface area (Å²) in [5.41, 5.74) is 8.70. The molecule has 0 aliphatic carbocycles. The summed E-state index contributed by atoms with van der Waals surface area (Å²) >= 11 is 0. The number of fused-ring (bicyclic) bond motifs is 3. The van der Waals surface area contributed by atoms with Crippen molar-refractivity contribution in [2.75, 3.05) is 0 Å². The van der Waals surface area contributed by atoms with Gasteiger partial charge in [-0.2, -0.15) is 5.26 Å². The van der Waals surface area contributed by atoms with Crippen molar-refractivity contribution >= 4 is 27.6 Å². The Balaban J connectivity index is 1.27. The van der Waals surface area contributed by atoms with Gasteiger partial charge in [0, 0.05) is 27.5 Å². The van der Waals surface area contributed by atoms with Crippen LogP contribution in [-0.4, -0.2) is 15.0 Å². The molecule has 0 saturated heterocycles. The van der Waals surface area contributed by atoms with Crippen LogP contribution in [-0.2, 0) is 0 Å². The van der Waals surface area contributed by atoms with E-state index in [0.717, 1.165) is 60.9 Å². The number of nitrogens with zero attached hydrogens (tertiary/aromatic N) is 5. The van der Waals surface area contributed by atoms with E-state index < -0.39 is 0 Å². The Kier molecular flexibility index (Phi) is 6.80. The van der Waals surface area contributed by atoms with Crippen molar-refractivity contribution in [1.29, 1.82) is 5.26 Å². The van der Waals surface area contributed by atoms with Crippen LogP contribution in [0.2, 0.25) is 0 Å². The van der Waals surface area contributed by atoms with Crippen molar-refractivity contribution in [2.24, 2.45) is 0 Å². The van der Waals surface area contributed by atoms with Crippen LogP contribution in [0, 0.1) is 17.9 Å². The first kappa shape index (κ1) is 27.6. The standard InChI is InChI=1S/C41H23N5O/c1-43-35-21-19-29(23-32(35)25-42)28-14-8-15-30(22-28)40-44-39(27-12-6-3-7-13-27)45-41(46-40)31-18-20-34-37(24-31)47-36-17-9-16-33(38(34)36)26-10-4-2-5-11-26/h2-24H. The highest BCUT2D eigenvalue weighted by Gasteiger charge is 2.17. The van der Waals surface area contributed by atoms with Crippen molar-refractivity contribution in [2.45, 2.75) is 0 Å². The Morgan fingerprint density at radius 1 is 0.532 bits per heavy atom. The van der Waals surface area contributed by atoms with Crippen LogP contribution < -0.4 is 0 Å². The lowest BCUT2D eigenvalue weighted by molar-refractivity contribution is 0.669. The van der Waals surface area contributed by atoms with E-state index in [9.17, 15) is 5.26 Å². The van der Waals surface area contributed by atoms with E-state index in [4.69, 9.17) is 25.9 Å². The summed E-state index contributed by atoms with van der Waals surface area (Å²) < 4.78 is 6.39. The fourth-order valence-electron chi connectivity index (χ4n) is 5.91. The molecule has 6 aromatic carbocycles. The third kappa shape index (κ3) is 5.07. The first-order valence-corrected chi connectivity index (χ1v) is 15.0. The van der Waals surface area contributed by atoms with Gasteiger partial charge >= 0.3 is 0 Å². The third-order valence-electron chi connectivity index (χ3n) is 8.20. The van der Waals surface area contributed by atoms with Gasteiger partial charge in [-0.05, 0) is 52.6 Å². The van der Waals surface area contributed by atoms with Gasteiger partial charge in [0.15, 0.2) is 17.5 Å². The minimum atomic E-state index is 0.333. The van der Waals surface area contributed by atoms with E-state index in [1.165, 1.54) is 0 Å². The molecule has 0 aliphatic heterocycles. The van der Waals surface area contributed by atoms with E-state index in [0.29, 0.717) is 28.7 Å². The molecule has 47 heavy (non-hydrogen) atoms. The third-order valence-corrected chi connectivity index (χ3v) is 8.20. The molecular formula is C41H23N5O. The van der Waals surface area contributed by atoms with Crippen molar-refractivity contribution in [3.05, 3.63) is 157 Å². The molecule has 218 valence electrons. The molecule has 2 heterocycles. The Morgan fingerprint density at radius 2 is 1.13 bits per heavy atom. The number of aromatic nitrogens is 3. The van der Waals surface area contributed by atoms with Crippen molar-refractivity contribution in [3.63, 3.8) is 0 Å². The Bertz CT molecular complexity index is 2540. The van der Waals surface area contributed by atoms with E-state index in [2.05, 4.69) is 35.2 Å². The number of rotatable bonds is 5. The maximum atomic E-state index is 9.58. The molecular weight excluding hydrogens is 578 g/mol. The summed E-state index contributed by atoms with van der Waals surface area (Å²) in [6.07, 6.45) is 0. The second-order valence-electron chi connectivity index (χ2n) is 11.1. The van der Waals surface area contributed by atoms with E-state index in [1.54, 1.807) is 12.1 Å². The van der Waals surface area contributed by atoms with E-state index in [1.807, 2.05) is 103 Å². The van der Waals surface area contributed by atoms with Crippen LogP contribution >= 0.6 is 0 Å². The molecule has 0 N–H and O–H groups in total. The van der Waals surface area contributed by atoms with Crippen LogP contribution in [0.1, 0.15) is 5.56 Å². The summed E-state index contributed by atoms with van der Waals surface area (Å²) in [6, 6.07) is 47.7. The zero-order valence-electron chi connectivity index (χ0n) is 24.9. The number of nitriles is 1. The smallest absolute Gasteiger partial charge is 0.204 e. The molecule has 0 spiro atoms. The van der Waals surface area contributed by atoms with Crippen LogP contribution in [0.5, 0.6) is 0 Å². The molecule has 0 fully saturated rings. The SMILES string of the molecule is [C-]#[N+]c1ccc(-c2cccc(-c3nc(-c4ccccc4)nc(-c4ccc5c(c4)oc4cccc(-c6ccccc6)c45)n3)c2)cc1C#N. The topological polar surface area (TPSA) is 80.0 Å². The van der Waals surface area contributed by atoms with Crippen LogP contribution in [0.3, 0.4) is 0 Å². The average Bonchev–Trinajstić information content (AvgIpc) is 3.53. The van der Waals surface area contributed by atoms with Crippen LogP contribution in [0.25, 0.3) is 83.2 Å². The minimum Gasteiger partial charge on any atom is -0.456 e. The summed E-state index contributed by atoms with van der Waals surface area (Å²) in [5.74, 6) is 1.60. The molecule has 0 saturated carbocycles. The van der Waals surface area contributed by atoms with Crippen LogP contribution in [0.4, 0.5) is 5.69 Å². The molecule has 6 heteroatoms. The quantitative estimate of drug-likeness (QED) is 0.183. The summed E-state index contributed by atoms with van der Waals surface area (Å²) in [7, 11) is 0. The Hall–Kier alpha value is -6.89. The largest absolute Gasteiger partial charge is 0.456 e. The molecule has 6 nitrogen and oxygen atoms in total. The average molecular weight is 602 g/mol. The van der Waals surface area contributed by atoms with Gasteiger partial charge in [0.2, 0.25) is 5.69 Å². The van der Waals surface area contributed by atoms with Gasteiger partial charge in [-0.1, -0.05) is 109 Å². The molecule has 0 unspecified atom stereocenters. The summed E-state index contributed by atoms with van der Waals surface area (Å²) in [5, 5.41) is 11.7.